The molecule has 162 valence electrons. The number of carbonyl (C=O) groups excluding carboxylic acids is 1. The van der Waals surface area contributed by atoms with Gasteiger partial charge in [-0.05, 0) is 60.2 Å². The first-order chi connectivity index (χ1) is 14.1. The molecule has 0 aromatic heterocycles. The second-order valence-corrected chi connectivity index (χ2v) is 10.6. The lowest BCUT2D eigenvalue weighted by molar-refractivity contribution is -0.120. The van der Waals surface area contributed by atoms with Crippen LogP contribution in [-0.4, -0.2) is 14.3 Å². The van der Waals surface area contributed by atoms with Crippen LogP contribution in [0, 0.1) is 5.92 Å². The zero-order valence-corrected chi connectivity index (χ0v) is 18.8. The average molecular weight is 430 g/mol. The van der Waals surface area contributed by atoms with Crippen LogP contribution in [0.4, 0.5) is 5.69 Å². The van der Waals surface area contributed by atoms with E-state index in [1.807, 2.05) is 12.1 Å². The maximum Gasteiger partial charge on any atom is 0.339 e. The van der Waals surface area contributed by atoms with Crippen LogP contribution < -0.4 is 9.50 Å². The van der Waals surface area contributed by atoms with E-state index in [0.717, 1.165) is 31.2 Å². The molecule has 3 rings (SSSR count). The SMILES string of the molecule is CC(C)(C)c1ccc(S(=O)(=O)Oc2ccc(NC(=O)C3CCCCCC3)cc2)cc1. The number of nitrogens with one attached hydrogen (secondary N) is 1. The Morgan fingerprint density at radius 2 is 1.47 bits per heavy atom. The Hall–Kier alpha value is -2.34. The fraction of sp³-hybridized carbons (Fsp3) is 0.458. The molecule has 5 nitrogen and oxygen atoms in total. The van der Waals surface area contributed by atoms with Gasteiger partial charge in [0.25, 0.3) is 0 Å². The Morgan fingerprint density at radius 3 is 2.00 bits per heavy atom. The van der Waals surface area contributed by atoms with Crippen molar-refractivity contribution in [3.05, 3.63) is 54.1 Å². The molecule has 0 radical (unpaired) electrons. The lowest BCUT2D eigenvalue weighted by Crippen LogP contribution is -2.22. The summed E-state index contributed by atoms with van der Waals surface area (Å²) in [6.45, 7) is 6.22. The number of rotatable bonds is 5. The molecule has 1 aliphatic rings. The molecule has 0 saturated heterocycles. The third kappa shape index (κ3) is 5.85. The first-order valence-corrected chi connectivity index (χ1v) is 12.0. The van der Waals surface area contributed by atoms with Crippen molar-refractivity contribution >= 4 is 21.7 Å². The monoisotopic (exact) mass is 429 g/mol. The van der Waals surface area contributed by atoms with E-state index in [1.54, 1.807) is 36.4 Å². The van der Waals surface area contributed by atoms with E-state index in [2.05, 4.69) is 26.1 Å². The number of carbonyl (C=O) groups is 1. The van der Waals surface area contributed by atoms with Crippen molar-refractivity contribution < 1.29 is 17.4 Å². The van der Waals surface area contributed by atoms with Gasteiger partial charge in [-0.15, -0.1) is 0 Å². The van der Waals surface area contributed by atoms with Gasteiger partial charge in [-0.2, -0.15) is 8.42 Å². The number of benzene rings is 2. The van der Waals surface area contributed by atoms with Gasteiger partial charge in [-0.25, -0.2) is 0 Å². The third-order valence-electron chi connectivity index (χ3n) is 5.56. The van der Waals surface area contributed by atoms with Gasteiger partial charge in [-0.3, -0.25) is 4.79 Å². The van der Waals surface area contributed by atoms with Crippen molar-refractivity contribution in [2.24, 2.45) is 5.92 Å². The topological polar surface area (TPSA) is 72.5 Å². The van der Waals surface area contributed by atoms with E-state index in [0.29, 0.717) is 5.69 Å². The second kappa shape index (κ2) is 9.21. The number of hydrogen-bond acceptors (Lipinski definition) is 4. The van der Waals surface area contributed by atoms with Gasteiger partial charge in [0.15, 0.2) is 0 Å². The molecule has 0 spiro atoms. The average Bonchev–Trinajstić information content (AvgIpc) is 2.98. The van der Waals surface area contributed by atoms with Crippen LogP contribution in [0.2, 0.25) is 0 Å². The molecule has 30 heavy (non-hydrogen) atoms. The van der Waals surface area contributed by atoms with E-state index in [-0.39, 0.29) is 27.9 Å². The highest BCUT2D eigenvalue weighted by molar-refractivity contribution is 7.87. The minimum Gasteiger partial charge on any atom is -0.379 e. The summed E-state index contributed by atoms with van der Waals surface area (Å²) in [7, 11) is -3.92. The molecular weight excluding hydrogens is 398 g/mol. The Bertz CT molecular complexity index is 950. The Balaban J connectivity index is 1.63. The Morgan fingerprint density at radius 1 is 0.900 bits per heavy atom. The van der Waals surface area contributed by atoms with E-state index < -0.39 is 10.1 Å². The van der Waals surface area contributed by atoms with Crippen LogP contribution in [-0.2, 0) is 20.3 Å². The van der Waals surface area contributed by atoms with E-state index in [4.69, 9.17) is 4.18 Å². The summed E-state index contributed by atoms with van der Waals surface area (Å²) in [5.74, 6) is 0.305. The minimum absolute atomic E-state index is 0.0390. The molecule has 0 heterocycles. The normalized spacial score (nSPS) is 16.0. The molecule has 0 atom stereocenters. The molecule has 1 aliphatic carbocycles. The highest BCUT2D eigenvalue weighted by Crippen LogP contribution is 2.27. The lowest BCUT2D eigenvalue weighted by Gasteiger charge is -2.19. The summed E-state index contributed by atoms with van der Waals surface area (Å²) in [5, 5.41) is 2.94. The Kier molecular flexibility index (Phi) is 6.86. The van der Waals surface area contributed by atoms with Crippen LogP contribution in [0.15, 0.2) is 53.4 Å². The molecule has 1 N–H and O–H groups in total. The lowest BCUT2D eigenvalue weighted by atomic mass is 9.87. The van der Waals surface area contributed by atoms with E-state index >= 15 is 0 Å². The summed E-state index contributed by atoms with van der Waals surface area (Å²) < 4.78 is 30.4. The largest absolute Gasteiger partial charge is 0.379 e. The molecule has 1 fully saturated rings. The van der Waals surface area contributed by atoms with Crippen molar-refractivity contribution in [2.75, 3.05) is 5.32 Å². The summed E-state index contributed by atoms with van der Waals surface area (Å²) in [4.78, 5) is 12.6. The van der Waals surface area contributed by atoms with Crippen LogP contribution in [0.1, 0.15) is 64.9 Å². The predicted molar refractivity (Wildman–Crippen MR) is 119 cm³/mol. The summed E-state index contributed by atoms with van der Waals surface area (Å²) >= 11 is 0. The number of amides is 1. The first kappa shape index (κ1) is 22.3. The molecule has 1 saturated carbocycles. The smallest absolute Gasteiger partial charge is 0.339 e. The standard InChI is InChI=1S/C24H31NO4S/c1-24(2,3)19-10-16-22(17-11-19)30(27,28)29-21-14-12-20(13-15-21)25-23(26)18-8-6-4-5-7-9-18/h10-18H,4-9H2,1-3H3,(H,25,26). The van der Waals surface area contributed by atoms with Crippen molar-refractivity contribution in [3.8, 4) is 5.75 Å². The predicted octanol–water partition coefficient (Wildman–Crippen LogP) is 5.66. The molecule has 2 aromatic carbocycles. The van der Waals surface area contributed by atoms with Gasteiger partial charge in [0.2, 0.25) is 5.91 Å². The van der Waals surface area contributed by atoms with Crippen LogP contribution in [0.3, 0.4) is 0 Å². The number of anilines is 1. The summed E-state index contributed by atoms with van der Waals surface area (Å²) in [6.07, 6.45) is 6.45. The number of hydrogen-bond donors (Lipinski definition) is 1. The summed E-state index contributed by atoms with van der Waals surface area (Å²) in [5.41, 5.74) is 1.64. The molecule has 6 heteroatoms. The molecule has 2 aromatic rings. The minimum atomic E-state index is -3.92. The van der Waals surface area contributed by atoms with Gasteiger partial charge in [0.1, 0.15) is 10.6 Å². The van der Waals surface area contributed by atoms with E-state index in [1.165, 1.54) is 12.8 Å². The van der Waals surface area contributed by atoms with Crippen LogP contribution >= 0.6 is 0 Å². The van der Waals surface area contributed by atoms with Crippen molar-refractivity contribution in [1.82, 2.24) is 0 Å². The molecule has 0 aliphatic heterocycles. The zero-order valence-electron chi connectivity index (χ0n) is 18.0. The first-order valence-electron chi connectivity index (χ1n) is 10.6. The Labute approximate surface area is 180 Å². The van der Waals surface area contributed by atoms with Crippen molar-refractivity contribution in [1.29, 1.82) is 0 Å². The van der Waals surface area contributed by atoms with Gasteiger partial charge in [0.05, 0.1) is 0 Å². The highest BCUT2D eigenvalue weighted by atomic mass is 32.2. The fourth-order valence-electron chi connectivity index (χ4n) is 3.68. The fourth-order valence-corrected chi connectivity index (χ4v) is 4.61. The van der Waals surface area contributed by atoms with Gasteiger partial charge >= 0.3 is 10.1 Å². The van der Waals surface area contributed by atoms with E-state index in [9.17, 15) is 13.2 Å². The van der Waals surface area contributed by atoms with Crippen molar-refractivity contribution in [2.45, 2.75) is 69.6 Å². The zero-order chi connectivity index (χ0) is 21.8. The van der Waals surface area contributed by atoms with Crippen LogP contribution in [0.25, 0.3) is 0 Å². The maximum atomic E-state index is 12.6. The van der Waals surface area contributed by atoms with Gasteiger partial charge in [-0.1, -0.05) is 58.6 Å². The third-order valence-corrected chi connectivity index (χ3v) is 6.82. The van der Waals surface area contributed by atoms with Crippen molar-refractivity contribution in [3.63, 3.8) is 0 Å². The van der Waals surface area contributed by atoms with Crippen LogP contribution in [0.5, 0.6) is 5.75 Å². The molecule has 0 unspecified atom stereocenters. The van der Waals surface area contributed by atoms with Gasteiger partial charge < -0.3 is 9.50 Å². The van der Waals surface area contributed by atoms with Gasteiger partial charge in [0, 0.05) is 11.6 Å². The summed E-state index contributed by atoms with van der Waals surface area (Å²) in [6, 6.07) is 13.2. The molecule has 1 amide bonds. The molecule has 0 bridgehead atoms. The maximum absolute atomic E-state index is 12.6. The second-order valence-electron chi connectivity index (χ2n) is 9.01. The highest BCUT2D eigenvalue weighted by Gasteiger charge is 2.21. The quantitative estimate of drug-likeness (QED) is 0.492. The molecular formula is C24H31NO4S.